The maximum Gasteiger partial charge on any atom is 0.0251 e. The van der Waals surface area contributed by atoms with Gasteiger partial charge in [-0.1, -0.05) is 52.9 Å². The van der Waals surface area contributed by atoms with Gasteiger partial charge in [0.15, 0.2) is 0 Å². The summed E-state index contributed by atoms with van der Waals surface area (Å²) < 4.78 is 0. The standard InChI is InChI=1S/C12H26N/c1-4-7-8-9-10-11-12-13(5-2)6-3/h12H,4-11H2,1-3H3. The molecule has 0 aromatic carbocycles. The Kier molecular flexibility index (Phi) is 10.0. The molecular formula is C12H26N. The molecule has 0 amide bonds. The van der Waals surface area contributed by atoms with E-state index in [4.69, 9.17) is 0 Å². The van der Waals surface area contributed by atoms with Gasteiger partial charge in [0, 0.05) is 6.54 Å². The minimum Gasteiger partial charge on any atom is -0.299 e. The predicted octanol–water partition coefficient (Wildman–Crippen LogP) is 3.85. The molecule has 0 bridgehead atoms. The van der Waals surface area contributed by atoms with Gasteiger partial charge in [0.1, 0.15) is 0 Å². The quantitative estimate of drug-likeness (QED) is 0.492. The van der Waals surface area contributed by atoms with E-state index >= 15 is 0 Å². The molecule has 0 spiro atoms. The van der Waals surface area contributed by atoms with Crippen LogP contribution >= 0.6 is 0 Å². The van der Waals surface area contributed by atoms with Crippen molar-refractivity contribution in [3.63, 3.8) is 0 Å². The van der Waals surface area contributed by atoms with Gasteiger partial charge in [-0.15, -0.1) is 0 Å². The third-order valence-electron chi connectivity index (χ3n) is 2.51. The minimum absolute atomic E-state index is 1.16. The van der Waals surface area contributed by atoms with Crippen LogP contribution in [0.1, 0.15) is 59.3 Å². The van der Waals surface area contributed by atoms with Crippen LogP contribution in [-0.4, -0.2) is 18.0 Å². The Hall–Kier alpha value is -0.0400. The van der Waals surface area contributed by atoms with Crippen LogP contribution in [0.25, 0.3) is 0 Å². The van der Waals surface area contributed by atoms with Crippen molar-refractivity contribution in [1.82, 2.24) is 4.90 Å². The van der Waals surface area contributed by atoms with Crippen molar-refractivity contribution in [2.75, 3.05) is 13.1 Å². The Morgan fingerprint density at radius 2 is 1.46 bits per heavy atom. The lowest BCUT2D eigenvalue weighted by atomic mass is 10.1. The number of hydrogen-bond acceptors (Lipinski definition) is 1. The average molecular weight is 184 g/mol. The van der Waals surface area contributed by atoms with Crippen LogP contribution in [0.15, 0.2) is 0 Å². The van der Waals surface area contributed by atoms with Crippen molar-refractivity contribution in [1.29, 1.82) is 0 Å². The van der Waals surface area contributed by atoms with Crippen molar-refractivity contribution in [3.8, 4) is 0 Å². The van der Waals surface area contributed by atoms with E-state index in [1.807, 2.05) is 0 Å². The molecule has 1 radical (unpaired) electrons. The molecule has 0 aliphatic rings. The fourth-order valence-electron chi connectivity index (χ4n) is 1.50. The van der Waals surface area contributed by atoms with Gasteiger partial charge < -0.3 is 0 Å². The summed E-state index contributed by atoms with van der Waals surface area (Å²) in [7, 11) is 0. The van der Waals surface area contributed by atoms with Gasteiger partial charge in [0.25, 0.3) is 0 Å². The molecule has 13 heavy (non-hydrogen) atoms. The molecule has 79 valence electrons. The van der Waals surface area contributed by atoms with E-state index in [1.54, 1.807) is 0 Å². The van der Waals surface area contributed by atoms with Crippen molar-refractivity contribution < 1.29 is 0 Å². The van der Waals surface area contributed by atoms with Crippen LogP contribution in [0, 0.1) is 6.54 Å². The second kappa shape index (κ2) is 10.0. The lowest BCUT2D eigenvalue weighted by Gasteiger charge is -2.16. The van der Waals surface area contributed by atoms with Crippen molar-refractivity contribution in [3.05, 3.63) is 6.54 Å². The smallest absolute Gasteiger partial charge is 0.0251 e. The molecular weight excluding hydrogens is 158 g/mol. The number of rotatable bonds is 9. The molecule has 0 fully saturated rings. The van der Waals surface area contributed by atoms with Gasteiger partial charge in [-0.05, 0) is 19.5 Å². The van der Waals surface area contributed by atoms with Gasteiger partial charge in [-0.2, -0.15) is 0 Å². The van der Waals surface area contributed by atoms with E-state index in [9.17, 15) is 0 Å². The highest BCUT2D eigenvalue weighted by molar-refractivity contribution is 4.65. The van der Waals surface area contributed by atoms with Crippen LogP contribution in [0.2, 0.25) is 0 Å². The largest absolute Gasteiger partial charge is 0.299 e. The zero-order valence-electron chi connectivity index (χ0n) is 9.68. The third-order valence-corrected chi connectivity index (χ3v) is 2.51. The highest BCUT2D eigenvalue weighted by Crippen LogP contribution is 2.07. The summed E-state index contributed by atoms with van der Waals surface area (Å²) in [6.45, 7) is 11.4. The van der Waals surface area contributed by atoms with E-state index in [0.717, 1.165) is 13.1 Å². The summed E-state index contributed by atoms with van der Waals surface area (Å²) >= 11 is 0. The van der Waals surface area contributed by atoms with E-state index < -0.39 is 0 Å². The molecule has 0 N–H and O–H groups in total. The summed E-state index contributed by atoms with van der Waals surface area (Å²) in [5, 5.41) is 0. The normalized spacial score (nSPS) is 11.1. The van der Waals surface area contributed by atoms with E-state index in [1.165, 1.54) is 38.5 Å². The van der Waals surface area contributed by atoms with Crippen molar-refractivity contribution in [2.45, 2.75) is 59.3 Å². The predicted molar refractivity (Wildman–Crippen MR) is 60.6 cm³/mol. The number of nitrogens with zero attached hydrogens (tertiary/aromatic N) is 1. The van der Waals surface area contributed by atoms with Gasteiger partial charge >= 0.3 is 0 Å². The summed E-state index contributed by atoms with van der Waals surface area (Å²) in [6.07, 6.45) is 8.22. The molecule has 0 aromatic heterocycles. The Balaban J connectivity index is 3.05. The minimum atomic E-state index is 1.16. The molecule has 0 aromatic rings. The van der Waals surface area contributed by atoms with Crippen LogP contribution in [0.4, 0.5) is 0 Å². The Morgan fingerprint density at radius 3 is 2.00 bits per heavy atom. The summed E-state index contributed by atoms with van der Waals surface area (Å²) in [6, 6.07) is 0. The van der Waals surface area contributed by atoms with Crippen LogP contribution in [0.3, 0.4) is 0 Å². The van der Waals surface area contributed by atoms with E-state index in [-0.39, 0.29) is 0 Å². The lowest BCUT2D eigenvalue weighted by molar-refractivity contribution is 0.354. The first-order chi connectivity index (χ1) is 6.35. The van der Waals surface area contributed by atoms with E-state index in [0.29, 0.717) is 0 Å². The first-order valence-corrected chi connectivity index (χ1v) is 5.92. The first-order valence-electron chi connectivity index (χ1n) is 5.92. The zero-order chi connectivity index (χ0) is 9.94. The average Bonchev–Trinajstić information content (AvgIpc) is 2.17. The second-order valence-electron chi connectivity index (χ2n) is 3.61. The van der Waals surface area contributed by atoms with E-state index in [2.05, 4.69) is 32.2 Å². The van der Waals surface area contributed by atoms with Crippen LogP contribution in [-0.2, 0) is 0 Å². The zero-order valence-corrected chi connectivity index (χ0v) is 9.68. The van der Waals surface area contributed by atoms with Crippen molar-refractivity contribution >= 4 is 0 Å². The first kappa shape index (κ1) is 13.0. The summed E-state index contributed by atoms with van der Waals surface area (Å²) in [5.41, 5.74) is 0. The maximum absolute atomic E-state index is 2.39. The Labute approximate surface area is 84.5 Å². The number of unbranched alkanes of at least 4 members (excludes halogenated alkanes) is 5. The lowest BCUT2D eigenvalue weighted by Crippen LogP contribution is -2.19. The van der Waals surface area contributed by atoms with Crippen LogP contribution < -0.4 is 0 Å². The molecule has 0 atom stereocenters. The topological polar surface area (TPSA) is 3.24 Å². The Morgan fingerprint density at radius 1 is 0.846 bits per heavy atom. The highest BCUT2D eigenvalue weighted by Gasteiger charge is 1.97. The fraction of sp³-hybridized carbons (Fsp3) is 0.917. The Bertz CT molecular complexity index is 87.1. The molecule has 0 aliphatic carbocycles. The molecule has 0 heterocycles. The monoisotopic (exact) mass is 184 g/mol. The third kappa shape index (κ3) is 8.29. The van der Waals surface area contributed by atoms with Gasteiger partial charge in [0.05, 0.1) is 0 Å². The molecule has 1 heteroatoms. The van der Waals surface area contributed by atoms with Gasteiger partial charge in [-0.25, -0.2) is 0 Å². The summed E-state index contributed by atoms with van der Waals surface area (Å²) in [4.78, 5) is 2.39. The van der Waals surface area contributed by atoms with Gasteiger partial charge in [-0.3, -0.25) is 4.90 Å². The van der Waals surface area contributed by atoms with Gasteiger partial charge in [0.2, 0.25) is 0 Å². The molecule has 0 rings (SSSR count). The van der Waals surface area contributed by atoms with Crippen LogP contribution in [0.5, 0.6) is 0 Å². The second-order valence-corrected chi connectivity index (χ2v) is 3.61. The molecule has 1 nitrogen and oxygen atoms in total. The maximum atomic E-state index is 2.39. The molecule has 0 saturated carbocycles. The molecule has 0 saturated heterocycles. The highest BCUT2D eigenvalue weighted by atomic mass is 15.1. The van der Waals surface area contributed by atoms with Crippen molar-refractivity contribution in [2.24, 2.45) is 0 Å². The molecule has 0 unspecified atom stereocenters. The SMILES string of the molecule is CCCCCCC[CH]N(CC)CC. The fourth-order valence-corrected chi connectivity index (χ4v) is 1.50. The molecule has 0 aliphatic heterocycles. The summed E-state index contributed by atoms with van der Waals surface area (Å²) in [5.74, 6) is 0. The number of hydrogen-bond donors (Lipinski definition) is 0.